The number of benzene rings is 3. The van der Waals surface area contributed by atoms with E-state index in [-0.39, 0.29) is 18.9 Å². The predicted octanol–water partition coefficient (Wildman–Crippen LogP) is 6.16. The minimum Gasteiger partial charge on any atom is -0.481 e. The van der Waals surface area contributed by atoms with Crippen LogP contribution in [0, 0.1) is 0 Å². The predicted molar refractivity (Wildman–Crippen MR) is 122 cm³/mol. The summed E-state index contributed by atoms with van der Waals surface area (Å²) in [4.78, 5) is 24.0. The maximum absolute atomic E-state index is 12.6. The van der Waals surface area contributed by atoms with Gasteiger partial charge in [0, 0.05) is 15.4 Å². The molecular formula is C24H19BrClNO4. The SMILES string of the molecule is O=C(O)C[C@@H](NC(=O)OCC1c2ccccc2-c2ccccc21)c1cc(Br)ccc1Cl. The zero-order valence-electron chi connectivity index (χ0n) is 16.3. The zero-order valence-corrected chi connectivity index (χ0v) is 18.7. The molecule has 0 saturated heterocycles. The molecule has 0 unspecified atom stereocenters. The Morgan fingerprint density at radius 1 is 1.03 bits per heavy atom. The number of carboxylic acid groups (broad SMARTS) is 1. The summed E-state index contributed by atoms with van der Waals surface area (Å²) < 4.78 is 6.28. The number of aliphatic carboxylic acids is 1. The van der Waals surface area contributed by atoms with Gasteiger partial charge in [-0.2, -0.15) is 0 Å². The molecule has 1 atom stereocenters. The highest BCUT2D eigenvalue weighted by Gasteiger charge is 2.29. The minimum atomic E-state index is -1.06. The number of rotatable bonds is 6. The summed E-state index contributed by atoms with van der Waals surface area (Å²) in [6.07, 6.45) is -1.01. The number of alkyl carbamates (subject to hydrolysis) is 1. The van der Waals surface area contributed by atoms with Crippen molar-refractivity contribution in [2.24, 2.45) is 0 Å². The van der Waals surface area contributed by atoms with Gasteiger partial charge in [0.2, 0.25) is 0 Å². The van der Waals surface area contributed by atoms with Crippen molar-refractivity contribution in [1.82, 2.24) is 5.32 Å². The highest BCUT2D eigenvalue weighted by atomic mass is 79.9. The quantitative estimate of drug-likeness (QED) is 0.425. The van der Waals surface area contributed by atoms with E-state index in [1.807, 2.05) is 36.4 Å². The van der Waals surface area contributed by atoms with Gasteiger partial charge in [0.15, 0.2) is 0 Å². The number of carbonyl (C=O) groups excluding carboxylic acids is 1. The van der Waals surface area contributed by atoms with Crippen molar-refractivity contribution in [3.8, 4) is 11.1 Å². The fourth-order valence-corrected chi connectivity index (χ4v) is 4.61. The maximum Gasteiger partial charge on any atom is 0.407 e. The molecule has 0 heterocycles. The van der Waals surface area contributed by atoms with Crippen LogP contribution in [0.15, 0.2) is 71.2 Å². The smallest absolute Gasteiger partial charge is 0.407 e. The maximum atomic E-state index is 12.6. The number of hydrogen-bond acceptors (Lipinski definition) is 3. The van der Waals surface area contributed by atoms with Crippen LogP contribution < -0.4 is 5.32 Å². The number of amides is 1. The van der Waals surface area contributed by atoms with E-state index in [1.165, 1.54) is 0 Å². The summed E-state index contributed by atoms with van der Waals surface area (Å²) in [5.41, 5.74) is 4.99. The van der Waals surface area contributed by atoms with Crippen LogP contribution in [0.4, 0.5) is 4.79 Å². The third kappa shape index (κ3) is 4.60. The third-order valence-corrected chi connectivity index (χ3v) is 6.19. The molecule has 0 bridgehead atoms. The Morgan fingerprint density at radius 2 is 1.65 bits per heavy atom. The van der Waals surface area contributed by atoms with Gasteiger partial charge in [0.1, 0.15) is 6.61 Å². The van der Waals surface area contributed by atoms with Crippen molar-refractivity contribution < 1.29 is 19.4 Å². The normalized spacial score (nSPS) is 13.2. The second kappa shape index (κ2) is 9.12. The molecule has 1 amide bonds. The van der Waals surface area contributed by atoms with Gasteiger partial charge in [-0.1, -0.05) is 76.1 Å². The van der Waals surface area contributed by atoms with Gasteiger partial charge in [-0.3, -0.25) is 4.79 Å². The van der Waals surface area contributed by atoms with E-state index in [0.717, 1.165) is 26.7 Å². The van der Waals surface area contributed by atoms with Crippen LogP contribution in [0.1, 0.15) is 35.1 Å². The van der Waals surface area contributed by atoms with Gasteiger partial charge in [-0.25, -0.2) is 4.79 Å². The zero-order chi connectivity index (χ0) is 22.0. The number of carbonyl (C=O) groups is 2. The van der Waals surface area contributed by atoms with Crippen molar-refractivity contribution in [3.05, 3.63) is 92.9 Å². The van der Waals surface area contributed by atoms with Crippen LogP contribution in [0.2, 0.25) is 5.02 Å². The van der Waals surface area contributed by atoms with E-state index < -0.39 is 18.1 Å². The third-order valence-electron chi connectivity index (χ3n) is 5.35. The van der Waals surface area contributed by atoms with Crippen molar-refractivity contribution in [1.29, 1.82) is 0 Å². The van der Waals surface area contributed by atoms with Crippen molar-refractivity contribution >= 4 is 39.6 Å². The summed E-state index contributed by atoms with van der Waals surface area (Å²) in [6, 6.07) is 20.4. The van der Waals surface area contributed by atoms with Gasteiger partial charge < -0.3 is 15.2 Å². The fourth-order valence-electron chi connectivity index (χ4n) is 3.98. The molecule has 0 radical (unpaired) electrons. The fraction of sp³-hybridized carbons (Fsp3) is 0.167. The van der Waals surface area contributed by atoms with E-state index in [1.54, 1.807) is 18.2 Å². The topological polar surface area (TPSA) is 75.6 Å². The molecule has 0 aromatic heterocycles. The minimum absolute atomic E-state index is 0.0782. The Hall–Kier alpha value is -2.83. The Bertz CT molecular complexity index is 1100. The molecule has 1 aliphatic rings. The Morgan fingerprint density at radius 3 is 2.26 bits per heavy atom. The molecule has 1 aliphatic carbocycles. The Kier molecular flexibility index (Phi) is 6.30. The van der Waals surface area contributed by atoms with Crippen molar-refractivity contribution in [2.75, 3.05) is 6.61 Å². The van der Waals surface area contributed by atoms with Gasteiger partial charge in [-0.15, -0.1) is 0 Å². The molecule has 7 heteroatoms. The van der Waals surface area contributed by atoms with Crippen LogP contribution in [-0.4, -0.2) is 23.8 Å². The summed E-state index contributed by atoms with van der Waals surface area (Å²) in [5.74, 6) is -1.13. The van der Waals surface area contributed by atoms with Crippen molar-refractivity contribution in [2.45, 2.75) is 18.4 Å². The van der Waals surface area contributed by atoms with E-state index in [2.05, 4.69) is 33.4 Å². The monoisotopic (exact) mass is 499 g/mol. The summed E-state index contributed by atoms with van der Waals surface area (Å²) >= 11 is 9.60. The van der Waals surface area contributed by atoms with E-state index >= 15 is 0 Å². The lowest BCUT2D eigenvalue weighted by molar-refractivity contribution is -0.137. The largest absolute Gasteiger partial charge is 0.481 e. The molecule has 0 spiro atoms. The standard InChI is InChI=1S/C24H19BrClNO4/c25-14-9-10-21(26)19(11-14)22(12-23(28)29)27-24(30)31-13-20-17-7-3-1-5-15(17)16-6-2-4-8-18(16)20/h1-11,20,22H,12-13H2,(H,27,30)(H,28,29)/t22-/m1/s1. The summed E-state index contributed by atoms with van der Waals surface area (Å²) in [5, 5.41) is 12.3. The summed E-state index contributed by atoms with van der Waals surface area (Å²) in [6.45, 7) is 0.145. The van der Waals surface area contributed by atoms with Gasteiger partial charge in [0.25, 0.3) is 0 Å². The van der Waals surface area contributed by atoms with Crippen LogP contribution in [0.25, 0.3) is 11.1 Å². The van der Waals surface area contributed by atoms with E-state index in [4.69, 9.17) is 16.3 Å². The number of halogens is 2. The lowest BCUT2D eigenvalue weighted by Crippen LogP contribution is -2.32. The molecule has 3 aromatic rings. The molecule has 31 heavy (non-hydrogen) atoms. The van der Waals surface area contributed by atoms with Gasteiger partial charge >= 0.3 is 12.1 Å². The summed E-state index contributed by atoms with van der Waals surface area (Å²) in [7, 11) is 0. The molecule has 0 fully saturated rings. The number of carboxylic acids is 1. The molecule has 3 aromatic carbocycles. The first-order chi connectivity index (χ1) is 14.9. The average molecular weight is 501 g/mol. The van der Waals surface area contributed by atoms with Crippen molar-refractivity contribution in [3.63, 3.8) is 0 Å². The molecule has 0 aliphatic heterocycles. The molecule has 2 N–H and O–H groups in total. The van der Waals surface area contributed by atoms with Gasteiger partial charge in [0.05, 0.1) is 12.5 Å². The number of ether oxygens (including phenoxy) is 1. The molecule has 4 rings (SSSR count). The Balaban J connectivity index is 1.50. The highest BCUT2D eigenvalue weighted by molar-refractivity contribution is 9.10. The highest BCUT2D eigenvalue weighted by Crippen LogP contribution is 2.44. The van der Waals surface area contributed by atoms with Crippen LogP contribution >= 0.6 is 27.5 Å². The second-order valence-corrected chi connectivity index (χ2v) is 8.61. The number of fused-ring (bicyclic) bond motifs is 3. The van der Waals surface area contributed by atoms with Crippen LogP contribution in [0.3, 0.4) is 0 Å². The second-order valence-electron chi connectivity index (χ2n) is 7.29. The van der Waals surface area contributed by atoms with Gasteiger partial charge in [-0.05, 0) is 46.0 Å². The molecule has 158 valence electrons. The molecule has 5 nitrogen and oxygen atoms in total. The molecular weight excluding hydrogens is 482 g/mol. The Labute approximate surface area is 193 Å². The first-order valence-electron chi connectivity index (χ1n) is 9.72. The van der Waals surface area contributed by atoms with Crippen LogP contribution in [-0.2, 0) is 9.53 Å². The van der Waals surface area contributed by atoms with E-state index in [9.17, 15) is 14.7 Å². The molecule has 0 saturated carbocycles. The lowest BCUT2D eigenvalue weighted by atomic mass is 9.98. The number of nitrogens with one attached hydrogen (secondary N) is 1. The average Bonchev–Trinajstić information content (AvgIpc) is 3.07. The first kappa shape index (κ1) is 21.4. The van der Waals surface area contributed by atoms with Crippen LogP contribution in [0.5, 0.6) is 0 Å². The first-order valence-corrected chi connectivity index (χ1v) is 10.9. The lowest BCUT2D eigenvalue weighted by Gasteiger charge is -2.20. The number of hydrogen-bond donors (Lipinski definition) is 2. The van der Waals surface area contributed by atoms with E-state index in [0.29, 0.717) is 10.6 Å².